The lowest BCUT2D eigenvalue weighted by atomic mass is 10.1. The summed E-state index contributed by atoms with van der Waals surface area (Å²) in [6, 6.07) is 8.85. The smallest absolute Gasteiger partial charge is 0.340 e. The van der Waals surface area contributed by atoms with Gasteiger partial charge >= 0.3 is 5.97 Å². The molecule has 0 bridgehead atoms. The average molecular weight is 431 g/mol. The molecule has 1 atom stereocenters. The maximum absolute atomic E-state index is 13.1. The summed E-state index contributed by atoms with van der Waals surface area (Å²) in [7, 11) is -3.48. The number of hydrogen-bond acceptors (Lipinski definition) is 7. The van der Waals surface area contributed by atoms with Crippen LogP contribution in [0.4, 0.5) is 0 Å². The zero-order valence-electron chi connectivity index (χ0n) is 16.1. The van der Waals surface area contributed by atoms with Gasteiger partial charge in [-0.1, -0.05) is 30.3 Å². The molecule has 0 unspecified atom stereocenters. The molecule has 9 nitrogen and oxygen atoms in total. The molecule has 0 saturated carbocycles. The first kappa shape index (κ1) is 20.3. The Bertz CT molecular complexity index is 1030. The molecule has 0 N–H and O–H groups in total. The number of rotatable bonds is 4. The van der Waals surface area contributed by atoms with Gasteiger partial charge in [-0.2, -0.15) is 0 Å². The van der Waals surface area contributed by atoms with Crippen molar-refractivity contribution in [2.75, 3.05) is 38.6 Å². The maximum atomic E-state index is 13.1. The van der Waals surface area contributed by atoms with Crippen molar-refractivity contribution < 1.29 is 27.5 Å². The van der Waals surface area contributed by atoms with Crippen LogP contribution < -0.4 is 0 Å². The van der Waals surface area contributed by atoms with Crippen molar-refractivity contribution in [1.29, 1.82) is 0 Å². The van der Waals surface area contributed by atoms with Gasteiger partial charge in [0, 0.05) is 31.4 Å². The summed E-state index contributed by atoms with van der Waals surface area (Å²) in [5.74, 6) is -0.855. The molecule has 0 radical (unpaired) electrons. The highest BCUT2D eigenvalue weighted by Gasteiger charge is 2.32. The molecule has 3 aliphatic heterocycles. The van der Waals surface area contributed by atoms with E-state index >= 15 is 0 Å². The Morgan fingerprint density at radius 2 is 1.80 bits per heavy atom. The molecule has 3 heterocycles. The maximum Gasteiger partial charge on any atom is 0.340 e. The molecule has 4 rings (SSSR count). The van der Waals surface area contributed by atoms with E-state index in [0.717, 1.165) is 0 Å². The van der Waals surface area contributed by atoms with Crippen molar-refractivity contribution in [2.24, 2.45) is 4.40 Å². The highest BCUT2D eigenvalue weighted by atomic mass is 32.2. The number of amides is 1. The second-order valence-electron chi connectivity index (χ2n) is 6.98. The molecule has 158 valence electrons. The third-order valence-corrected chi connectivity index (χ3v) is 6.10. The van der Waals surface area contributed by atoms with Gasteiger partial charge in [0.2, 0.25) is 6.10 Å². The molecular formula is C20H21N3O6S. The monoisotopic (exact) mass is 431 g/mol. The third kappa shape index (κ3) is 4.44. The van der Waals surface area contributed by atoms with E-state index < -0.39 is 22.1 Å². The van der Waals surface area contributed by atoms with Crippen LogP contribution in [0.25, 0.3) is 0 Å². The van der Waals surface area contributed by atoms with Gasteiger partial charge in [0.15, 0.2) is 0 Å². The highest BCUT2D eigenvalue weighted by Crippen LogP contribution is 2.24. The minimum atomic E-state index is -3.48. The minimum Gasteiger partial charge on any atom is -0.444 e. The van der Waals surface area contributed by atoms with Crippen molar-refractivity contribution in [2.45, 2.75) is 6.10 Å². The SMILES string of the molecule is O=C(O[C@@H](C(=O)N1CCOCC1)c1ccccc1)C1=CN2CCS(=O)(=O)N=C2C=C1. The lowest BCUT2D eigenvalue weighted by Gasteiger charge is -2.31. The molecule has 0 spiro atoms. The molecular weight excluding hydrogens is 410 g/mol. The fourth-order valence-corrected chi connectivity index (χ4v) is 4.30. The lowest BCUT2D eigenvalue weighted by molar-refractivity contribution is -0.159. The number of benzene rings is 1. The summed E-state index contributed by atoms with van der Waals surface area (Å²) in [6.45, 7) is 1.94. The van der Waals surface area contributed by atoms with E-state index in [4.69, 9.17) is 9.47 Å². The number of amidine groups is 1. The first-order chi connectivity index (χ1) is 14.4. The first-order valence-electron chi connectivity index (χ1n) is 9.55. The predicted octanol–water partition coefficient (Wildman–Crippen LogP) is 0.627. The van der Waals surface area contributed by atoms with Crippen LogP contribution in [0.1, 0.15) is 11.7 Å². The van der Waals surface area contributed by atoms with Crippen LogP contribution in [0.3, 0.4) is 0 Å². The van der Waals surface area contributed by atoms with Crippen molar-refractivity contribution in [3.63, 3.8) is 0 Å². The number of fused-ring (bicyclic) bond motifs is 1. The molecule has 3 aliphatic rings. The van der Waals surface area contributed by atoms with E-state index in [1.165, 1.54) is 18.4 Å². The van der Waals surface area contributed by atoms with Gasteiger partial charge in [-0.15, -0.1) is 4.40 Å². The number of carbonyl (C=O) groups excluding carboxylic acids is 2. The Labute approximate surface area is 174 Å². The van der Waals surface area contributed by atoms with Gasteiger partial charge in [0.05, 0.1) is 24.5 Å². The second kappa shape index (κ2) is 8.41. The molecule has 30 heavy (non-hydrogen) atoms. The Kier molecular flexibility index (Phi) is 5.69. The van der Waals surface area contributed by atoms with E-state index in [9.17, 15) is 18.0 Å². The van der Waals surface area contributed by atoms with Crippen LogP contribution in [-0.2, 0) is 29.1 Å². The van der Waals surface area contributed by atoms with Crippen LogP contribution in [0.15, 0.2) is 58.7 Å². The minimum absolute atomic E-state index is 0.134. The average Bonchev–Trinajstić information content (AvgIpc) is 2.77. The zero-order chi connectivity index (χ0) is 21.1. The predicted molar refractivity (Wildman–Crippen MR) is 108 cm³/mol. The van der Waals surface area contributed by atoms with Gasteiger partial charge in [0.25, 0.3) is 15.9 Å². The first-order valence-corrected chi connectivity index (χ1v) is 11.2. The summed E-state index contributed by atoms with van der Waals surface area (Å²) in [5.41, 5.74) is 0.790. The number of ether oxygens (including phenoxy) is 2. The van der Waals surface area contributed by atoms with Crippen molar-refractivity contribution in [3.05, 3.63) is 59.8 Å². The van der Waals surface area contributed by atoms with Gasteiger partial charge in [-0.05, 0) is 12.2 Å². The molecule has 1 aromatic carbocycles. The van der Waals surface area contributed by atoms with Crippen LogP contribution in [0.5, 0.6) is 0 Å². The van der Waals surface area contributed by atoms with Gasteiger partial charge in [-0.25, -0.2) is 13.2 Å². The van der Waals surface area contributed by atoms with Gasteiger partial charge < -0.3 is 19.3 Å². The largest absolute Gasteiger partial charge is 0.444 e. The molecule has 1 aromatic rings. The van der Waals surface area contributed by atoms with Gasteiger partial charge in [-0.3, -0.25) is 4.79 Å². The molecule has 1 saturated heterocycles. The molecule has 0 aliphatic carbocycles. The lowest BCUT2D eigenvalue weighted by Crippen LogP contribution is -2.44. The summed E-state index contributed by atoms with van der Waals surface area (Å²) >= 11 is 0. The summed E-state index contributed by atoms with van der Waals surface area (Å²) in [4.78, 5) is 29.1. The van der Waals surface area contributed by atoms with Crippen LogP contribution >= 0.6 is 0 Å². The number of carbonyl (C=O) groups is 2. The molecule has 1 amide bonds. The number of hydrogen-bond donors (Lipinski definition) is 0. The van der Waals surface area contributed by atoms with E-state index in [1.807, 2.05) is 6.07 Å². The van der Waals surface area contributed by atoms with Crippen molar-refractivity contribution in [1.82, 2.24) is 9.80 Å². The Balaban J connectivity index is 1.54. The van der Waals surface area contributed by atoms with Crippen molar-refractivity contribution >= 4 is 27.7 Å². The van der Waals surface area contributed by atoms with Crippen LogP contribution in [0.2, 0.25) is 0 Å². The Morgan fingerprint density at radius 3 is 2.53 bits per heavy atom. The molecule has 1 fully saturated rings. The number of esters is 1. The summed E-state index contributed by atoms with van der Waals surface area (Å²) in [5, 5.41) is 0. The fraction of sp³-hybridized carbons (Fsp3) is 0.350. The number of sulfonamides is 1. The van der Waals surface area contributed by atoms with Crippen molar-refractivity contribution in [3.8, 4) is 0 Å². The van der Waals surface area contributed by atoms with Crippen LogP contribution in [0, 0.1) is 0 Å². The number of morpholine rings is 1. The topological polar surface area (TPSA) is 106 Å². The second-order valence-corrected chi connectivity index (χ2v) is 8.74. The quantitative estimate of drug-likeness (QED) is 0.644. The van der Waals surface area contributed by atoms with Crippen LogP contribution in [-0.4, -0.2) is 74.5 Å². The van der Waals surface area contributed by atoms with E-state index in [1.54, 1.807) is 34.1 Å². The normalized spacial score (nSPS) is 21.2. The van der Waals surface area contributed by atoms with E-state index in [0.29, 0.717) is 31.9 Å². The highest BCUT2D eigenvalue weighted by molar-refractivity contribution is 7.90. The zero-order valence-corrected chi connectivity index (χ0v) is 17.0. The standard InChI is InChI=1S/C20H21N3O6S/c24-19(22-8-11-28-12-9-22)18(15-4-2-1-3-5-15)29-20(25)16-6-7-17-21-30(26,27)13-10-23(17)14-16/h1-7,14,18H,8-13H2/t18-/m1/s1. The molecule has 0 aromatic heterocycles. The Morgan fingerprint density at radius 1 is 1.07 bits per heavy atom. The third-order valence-electron chi connectivity index (χ3n) is 4.93. The summed E-state index contributed by atoms with van der Waals surface area (Å²) in [6.07, 6.45) is 3.31. The molecule has 10 heteroatoms. The fourth-order valence-electron chi connectivity index (χ4n) is 3.34. The summed E-state index contributed by atoms with van der Waals surface area (Å²) < 4.78 is 37.9. The Hall–Kier alpha value is -2.98. The van der Waals surface area contributed by atoms with E-state index in [2.05, 4.69) is 4.40 Å². The number of nitrogens with zero attached hydrogens (tertiary/aromatic N) is 3. The van der Waals surface area contributed by atoms with Gasteiger partial charge in [0.1, 0.15) is 5.84 Å². The van der Waals surface area contributed by atoms with E-state index in [-0.39, 0.29) is 29.6 Å².